The molecular formula is C15H19BrN2O4S. The number of anilines is 1. The summed E-state index contributed by atoms with van der Waals surface area (Å²) < 4.78 is 33.3. The Hall–Kier alpha value is -0.960. The lowest BCUT2D eigenvalue weighted by Gasteiger charge is -2.19. The Bertz CT molecular complexity index is 716. The third kappa shape index (κ3) is 4.32. The number of amides is 1. The first-order valence-electron chi connectivity index (χ1n) is 7.65. The maximum Gasteiger partial charge on any atom is 0.241 e. The zero-order chi connectivity index (χ0) is 16.4. The van der Waals surface area contributed by atoms with Crippen molar-refractivity contribution in [3.05, 3.63) is 22.2 Å². The van der Waals surface area contributed by atoms with Gasteiger partial charge in [-0.25, -0.2) is 13.1 Å². The Kier molecular flexibility index (Phi) is 5.05. The largest absolute Gasteiger partial charge is 0.380 e. The number of fused-ring (bicyclic) bond motifs is 1. The summed E-state index contributed by atoms with van der Waals surface area (Å²) in [6.07, 6.45) is 3.45. The van der Waals surface area contributed by atoms with Crippen LogP contribution in [-0.2, 0) is 26.0 Å². The number of benzene rings is 1. The van der Waals surface area contributed by atoms with E-state index in [0.717, 1.165) is 5.56 Å². The maximum absolute atomic E-state index is 12.4. The van der Waals surface area contributed by atoms with Crippen LogP contribution in [0.25, 0.3) is 0 Å². The Labute approximate surface area is 144 Å². The summed E-state index contributed by atoms with van der Waals surface area (Å²) in [6.45, 7) is 1.29. The summed E-state index contributed by atoms with van der Waals surface area (Å²) >= 11 is 3.31. The molecule has 1 aliphatic heterocycles. The van der Waals surface area contributed by atoms with Gasteiger partial charge >= 0.3 is 0 Å². The second kappa shape index (κ2) is 6.88. The molecule has 0 saturated heterocycles. The van der Waals surface area contributed by atoms with Crippen LogP contribution in [0.4, 0.5) is 5.69 Å². The smallest absolute Gasteiger partial charge is 0.241 e. The highest BCUT2D eigenvalue weighted by molar-refractivity contribution is 9.10. The zero-order valence-electron chi connectivity index (χ0n) is 12.6. The second-order valence-corrected chi connectivity index (χ2v) is 8.49. The molecule has 6 nitrogen and oxygen atoms in total. The van der Waals surface area contributed by atoms with Crippen molar-refractivity contribution in [2.24, 2.45) is 5.92 Å². The number of hydrogen-bond donors (Lipinski definition) is 2. The average molecular weight is 403 g/mol. The predicted octanol–water partition coefficient (Wildman–Crippen LogP) is 2.04. The maximum atomic E-state index is 12.4. The van der Waals surface area contributed by atoms with Crippen LogP contribution in [-0.4, -0.2) is 34.1 Å². The van der Waals surface area contributed by atoms with Gasteiger partial charge < -0.3 is 10.1 Å². The first-order valence-corrected chi connectivity index (χ1v) is 9.93. The first kappa shape index (κ1) is 16.9. The standard InChI is InChI=1S/C15H19BrN2O4S/c16-12-7-11-3-4-15(19)18-13(11)8-14(12)23(20,21)17-5-6-22-9-10-1-2-10/h7-8,10,17H,1-6,9H2,(H,18,19). The molecule has 1 aromatic rings. The molecule has 0 aromatic heterocycles. The Morgan fingerprint density at radius 2 is 2.09 bits per heavy atom. The molecule has 2 aliphatic rings. The van der Waals surface area contributed by atoms with Gasteiger partial charge in [-0.05, 0) is 58.8 Å². The highest BCUT2D eigenvalue weighted by Crippen LogP contribution is 2.32. The fraction of sp³-hybridized carbons (Fsp3) is 0.533. The number of carbonyl (C=O) groups excluding carboxylic acids is 1. The van der Waals surface area contributed by atoms with Crippen LogP contribution in [0.1, 0.15) is 24.8 Å². The summed E-state index contributed by atoms with van der Waals surface area (Å²) in [5.74, 6) is 0.564. The molecule has 1 heterocycles. The number of halogens is 1. The van der Waals surface area contributed by atoms with Crippen molar-refractivity contribution in [3.63, 3.8) is 0 Å². The number of rotatable bonds is 7. The van der Waals surface area contributed by atoms with Crippen molar-refractivity contribution in [2.75, 3.05) is 25.1 Å². The highest BCUT2D eigenvalue weighted by atomic mass is 79.9. The van der Waals surface area contributed by atoms with E-state index < -0.39 is 10.0 Å². The van der Waals surface area contributed by atoms with Crippen LogP contribution in [0.2, 0.25) is 0 Å². The summed E-state index contributed by atoms with van der Waals surface area (Å²) in [7, 11) is -3.66. The van der Waals surface area contributed by atoms with E-state index in [1.807, 2.05) is 0 Å². The predicted molar refractivity (Wildman–Crippen MR) is 89.8 cm³/mol. The molecule has 1 fully saturated rings. The third-order valence-corrected chi connectivity index (χ3v) is 6.35. The summed E-state index contributed by atoms with van der Waals surface area (Å²) in [6, 6.07) is 3.26. The molecule has 23 heavy (non-hydrogen) atoms. The fourth-order valence-electron chi connectivity index (χ4n) is 2.45. The van der Waals surface area contributed by atoms with Crippen molar-refractivity contribution in [2.45, 2.75) is 30.6 Å². The van der Waals surface area contributed by atoms with Gasteiger partial charge in [0.25, 0.3) is 0 Å². The number of sulfonamides is 1. The van der Waals surface area contributed by atoms with E-state index in [2.05, 4.69) is 26.0 Å². The van der Waals surface area contributed by atoms with E-state index in [9.17, 15) is 13.2 Å². The topological polar surface area (TPSA) is 84.5 Å². The highest BCUT2D eigenvalue weighted by Gasteiger charge is 2.23. The van der Waals surface area contributed by atoms with E-state index in [1.54, 1.807) is 6.07 Å². The van der Waals surface area contributed by atoms with E-state index >= 15 is 0 Å². The van der Waals surface area contributed by atoms with E-state index in [0.29, 0.717) is 42.1 Å². The summed E-state index contributed by atoms with van der Waals surface area (Å²) in [5, 5.41) is 2.72. The molecule has 8 heteroatoms. The lowest BCUT2D eigenvalue weighted by molar-refractivity contribution is -0.116. The van der Waals surface area contributed by atoms with Gasteiger partial charge in [-0.2, -0.15) is 0 Å². The molecule has 126 valence electrons. The van der Waals surface area contributed by atoms with Gasteiger partial charge in [0.05, 0.1) is 11.5 Å². The molecule has 1 aliphatic carbocycles. The molecule has 0 atom stereocenters. The molecule has 0 spiro atoms. The van der Waals surface area contributed by atoms with Crippen molar-refractivity contribution in [1.82, 2.24) is 4.72 Å². The molecular weight excluding hydrogens is 384 g/mol. The number of aryl methyl sites for hydroxylation is 1. The van der Waals surface area contributed by atoms with Gasteiger partial charge in [0.2, 0.25) is 15.9 Å². The van der Waals surface area contributed by atoms with Gasteiger partial charge in [-0.1, -0.05) is 0 Å². The number of hydrogen-bond acceptors (Lipinski definition) is 4. The van der Waals surface area contributed by atoms with Crippen LogP contribution in [0, 0.1) is 5.92 Å². The van der Waals surface area contributed by atoms with Crippen LogP contribution in [0.15, 0.2) is 21.5 Å². The molecule has 0 bridgehead atoms. The number of ether oxygens (including phenoxy) is 1. The third-order valence-electron chi connectivity index (χ3n) is 3.93. The monoisotopic (exact) mass is 402 g/mol. The average Bonchev–Trinajstić information content (AvgIpc) is 3.30. The normalized spacial score (nSPS) is 17.7. The van der Waals surface area contributed by atoms with Crippen LogP contribution in [0.3, 0.4) is 0 Å². The van der Waals surface area contributed by atoms with Crippen LogP contribution in [0.5, 0.6) is 0 Å². The van der Waals surface area contributed by atoms with Crippen LogP contribution < -0.4 is 10.0 Å². The van der Waals surface area contributed by atoms with Gasteiger partial charge in [0, 0.05) is 29.7 Å². The van der Waals surface area contributed by atoms with E-state index in [-0.39, 0.29) is 17.3 Å². The van der Waals surface area contributed by atoms with Crippen molar-refractivity contribution in [1.29, 1.82) is 0 Å². The number of nitrogens with one attached hydrogen (secondary N) is 2. The second-order valence-electron chi connectivity index (χ2n) is 5.90. The Morgan fingerprint density at radius 3 is 2.83 bits per heavy atom. The first-order chi connectivity index (χ1) is 11.0. The molecule has 3 rings (SSSR count). The minimum absolute atomic E-state index is 0.0930. The SMILES string of the molecule is O=C1CCc2cc(Br)c(S(=O)(=O)NCCOCC3CC3)cc2N1. The van der Waals surface area contributed by atoms with Gasteiger partial charge in [-0.3, -0.25) is 4.79 Å². The lowest BCUT2D eigenvalue weighted by Crippen LogP contribution is -2.28. The molecule has 0 unspecified atom stereocenters. The minimum Gasteiger partial charge on any atom is -0.380 e. The van der Waals surface area contributed by atoms with Gasteiger partial charge in [0.15, 0.2) is 0 Å². The minimum atomic E-state index is -3.66. The lowest BCUT2D eigenvalue weighted by atomic mass is 10.0. The van der Waals surface area contributed by atoms with Crippen molar-refractivity contribution < 1.29 is 17.9 Å². The molecule has 1 aromatic carbocycles. The summed E-state index contributed by atoms with van der Waals surface area (Å²) in [5.41, 5.74) is 1.50. The fourth-order valence-corrected chi connectivity index (χ4v) is 4.57. The van der Waals surface area contributed by atoms with Crippen molar-refractivity contribution >= 4 is 37.5 Å². The Balaban J connectivity index is 1.66. The molecule has 0 radical (unpaired) electrons. The van der Waals surface area contributed by atoms with Gasteiger partial charge in [-0.15, -0.1) is 0 Å². The Morgan fingerprint density at radius 1 is 1.30 bits per heavy atom. The van der Waals surface area contributed by atoms with E-state index in [1.165, 1.54) is 18.9 Å². The van der Waals surface area contributed by atoms with E-state index in [4.69, 9.17) is 4.74 Å². The van der Waals surface area contributed by atoms with Gasteiger partial charge in [0.1, 0.15) is 0 Å². The van der Waals surface area contributed by atoms with Crippen molar-refractivity contribution in [3.8, 4) is 0 Å². The molecule has 1 saturated carbocycles. The molecule has 2 N–H and O–H groups in total. The zero-order valence-corrected chi connectivity index (χ0v) is 15.0. The number of carbonyl (C=O) groups is 1. The quantitative estimate of drug-likeness (QED) is 0.683. The summed E-state index contributed by atoms with van der Waals surface area (Å²) in [4.78, 5) is 11.6. The molecule has 1 amide bonds. The van der Waals surface area contributed by atoms with Crippen LogP contribution >= 0.6 is 15.9 Å².